The third-order valence-electron chi connectivity index (χ3n) is 2.97. The molecule has 0 radical (unpaired) electrons. The van der Waals surface area contributed by atoms with Crippen LogP contribution in [-0.2, 0) is 18.5 Å². The maximum Gasteiger partial charge on any atom is 0.433 e. The fourth-order valence-corrected chi connectivity index (χ4v) is 1.92. The van der Waals surface area contributed by atoms with E-state index in [-0.39, 0.29) is 6.07 Å². The van der Waals surface area contributed by atoms with Gasteiger partial charge < -0.3 is 0 Å². The van der Waals surface area contributed by atoms with E-state index in [4.69, 9.17) is 0 Å². The summed E-state index contributed by atoms with van der Waals surface area (Å²) in [5, 5.41) is 0. The zero-order chi connectivity index (χ0) is 18.3. The average molecular weight is 359 g/mol. The van der Waals surface area contributed by atoms with Gasteiger partial charge in [-0.2, -0.15) is 39.5 Å². The Balaban J connectivity index is 2.67. The molecule has 1 aromatic carbocycles. The Morgan fingerprint density at radius 2 is 1.29 bits per heavy atom. The summed E-state index contributed by atoms with van der Waals surface area (Å²) in [4.78, 5) is 3.07. The highest BCUT2D eigenvalue weighted by atomic mass is 19.4. The number of aromatic nitrogens is 1. The second-order valence-electron chi connectivity index (χ2n) is 4.66. The molecule has 0 aliphatic heterocycles. The van der Waals surface area contributed by atoms with Gasteiger partial charge in [0.2, 0.25) is 0 Å². The summed E-state index contributed by atoms with van der Waals surface area (Å²) in [6, 6.07) is 2.87. The summed E-state index contributed by atoms with van der Waals surface area (Å²) in [5.74, 6) is 0. The minimum atomic E-state index is -5.20. The number of benzene rings is 1. The molecule has 10 heteroatoms. The second kappa shape index (κ2) is 5.67. The highest BCUT2D eigenvalue weighted by Gasteiger charge is 2.39. The van der Waals surface area contributed by atoms with Gasteiger partial charge >= 0.3 is 18.5 Å². The SMILES string of the molecule is FC(F)(F)c1ccc(-c2cccc(C(F)(F)F)n2)c(C(F)(F)F)c1. The van der Waals surface area contributed by atoms with Gasteiger partial charge in [-0.25, -0.2) is 4.98 Å². The van der Waals surface area contributed by atoms with Crippen molar-refractivity contribution >= 4 is 0 Å². The molecule has 0 amide bonds. The Morgan fingerprint density at radius 3 is 1.79 bits per heavy atom. The summed E-state index contributed by atoms with van der Waals surface area (Å²) < 4.78 is 115. The van der Waals surface area contributed by atoms with E-state index in [9.17, 15) is 39.5 Å². The lowest BCUT2D eigenvalue weighted by Gasteiger charge is -2.16. The molecule has 2 rings (SSSR count). The van der Waals surface area contributed by atoms with Crippen molar-refractivity contribution in [2.24, 2.45) is 0 Å². The number of hydrogen-bond donors (Lipinski definition) is 0. The molecule has 0 unspecified atom stereocenters. The minimum absolute atomic E-state index is 0.155. The Kier molecular flexibility index (Phi) is 4.28. The average Bonchev–Trinajstić information content (AvgIpc) is 2.44. The van der Waals surface area contributed by atoms with Crippen LogP contribution in [0.15, 0.2) is 36.4 Å². The fraction of sp³-hybridized carbons (Fsp3) is 0.214. The highest BCUT2D eigenvalue weighted by molar-refractivity contribution is 5.65. The number of hydrogen-bond acceptors (Lipinski definition) is 1. The van der Waals surface area contributed by atoms with Crippen molar-refractivity contribution in [3.63, 3.8) is 0 Å². The van der Waals surface area contributed by atoms with Crippen LogP contribution in [0, 0.1) is 0 Å². The van der Waals surface area contributed by atoms with E-state index in [1.54, 1.807) is 0 Å². The molecule has 24 heavy (non-hydrogen) atoms. The molecule has 0 saturated carbocycles. The van der Waals surface area contributed by atoms with Crippen LogP contribution in [0.1, 0.15) is 16.8 Å². The summed E-state index contributed by atoms with van der Waals surface area (Å²) in [7, 11) is 0. The van der Waals surface area contributed by atoms with Crippen LogP contribution in [0.3, 0.4) is 0 Å². The van der Waals surface area contributed by atoms with Crippen molar-refractivity contribution in [2.45, 2.75) is 18.5 Å². The van der Waals surface area contributed by atoms with E-state index in [1.807, 2.05) is 0 Å². The number of rotatable bonds is 1. The van der Waals surface area contributed by atoms with Gasteiger partial charge in [-0.3, -0.25) is 0 Å². The van der Waals surface area contributed by atoms with E-state index < -0.39 is 46.6 Å². The number of alkyl halides is 9. The van der Waals surface area contributed by atoms with Crippen molar-refractivity contribution < 1.29 is 39.5 Å². The van der Waals surface area contributed by atoms with E-state index in [0.29, 0.717) is 18.2 Å². The standard InChI is InChI=1S/C14H6F9N/c15-12(16,17)7-4-5-8(9(6-7)13(18,19)20)10-2-1-3-11(24-10)14(21,22)23/h1-6H. The van der Waals surface area contributed by atoms with Gasteiger partial charge in [-0.05, 0) is 24.3 Å². The van der Waals surface area contributed by atoms with Gasteiger partial charge in [0.1, 0.15) is 5.69 Å². The molecule has 130 valence electrons. The molecule has 2 aromatic rings. The zero-order valence-electron chi connectivity index (χ0n) is 11.3. The van der Waals surface area contributed by atoms with E-state index >= 15 is 0 Å². The minimum Gasteiger partial charge on any atom is -0.243 e. The van der Waals surface area contributed by atoms with E-state index in [0.717, 1.165) is 12.1 Å². The van der Waals surface area contributed by atoms with Gasteiger partial charge in [-0.15, -0.1) is 0 Å². The van der Waals surface area contributed by atoms with Crippen LogP contribution in [0.4, 0.5) is 39.5 Å². The molecule has 0 spiro atoms. The zero-order valence-corrected chi connectivity index (χ0v) is 11.3. The lowest BCUT2D eigenvalue weighted by Crippen LogP contribution is -2.13. The first-order chi connectivity index (χ1) is 10.8. The molecule has 1 heterocycles. The third-order valence-corrected chi connectivity index (χ3v) is 2.97. The first-order valence-corrected chi connectivity index (χ1v) is 6.13. The molecule has 1 aromatic heterocycles. The van der Waals surface area contributed by atoms with Crippen molar-refractivity contribution in [3.8, 4) is 11.3 Å². The molecular weight excluding hydrogens is 353 g/mol. The lowest BCUT2D eigenvalue weighted by atomic mass is 10.00. The molecule has 1 nitrogen and oxygen atoms in total. The van der Waals surface area contributed by atoms with Gasteiger partial charge in [-0.1, -0.05) is 12.1 Å². The van der Waals surface area contributed by atoms with Crippen molar-refractivity contribution in [1.82, 2.24) is 4.98 Å². The molecular formula is C14H6F9N. The second-order valence-corrected chi connectivity index (χ2v) is 4.66. The predicted molar refractivity (Wildman–Crippen MR) is 64.7 cm³/mol. The topological polar surface area (TPSA) is 12.9 Å². The first kappa shape index (κ1) is 18.1. The largest absolute Gasteiger partial charge is 0.433 e. The Morgan fingerprint density at radius 1 is 0.667 bits per heavy atom. The fourth-order valence-electron chi connectivity index (χ4n) is 1.92. The lowest BCUT2D eigenvalue weighted by molar-refractivity contribution is -0.143. The molecule has 0 aliphatic carbocycles. The molecule has 0 N–H and O–H groups in total. The summed E-state index contributed by atoms with van der Waals surface area (Å²) in [6.45, 7) is 0. The van der Waals surface area contributed by atoms with E-state index in [2.05, 4.69) is 4.98 Å². The Hall–Kier alpha value is -2.26. The Bertz CT molecular complexity index is 741. The van der Waals surface area contributed by atoms with Crippen LogP contribution < -0.4 is 0 Å². The van der Waals surface area contributed by atoms with Crippen LogP contribution in [-0.4, -0.2) is 4.98 Å². The van der Waals surface area contributed by atoms with Crippen molar-refractivity contribution in [3.05, 3.63) is 53.2 Å². The molecule has 0 atom stereocenters. The monoisotopic (exact) mass is 359 g/mol. The van der Waals surface area contributed by atoms with E-state index in [1.165, 1.54) is 0 Å². The Labute approximate surface area is 128 Å². The molecule has 0 bridgehead atoms. The van der Waals surface area contributed by atoms with Gasteiger partial charge in [0, 0.05) is 5.56 Å². The molecule has 0 fully saturated rings. The van der Waals surface area contributed by atoms with Crippen LogP contribution >= 0.6 is 0 Å². The number of nitrogens with zero attached hydrogens (tertiary/aromatic N) is 1. The van der Waals surface area contributed by atoms with Crippen LogP contribution in [0.5, 0.6) is 0 Å². The summed E-state index contributed by atoms with van der Waals surface area (Å²) in [5.41, 5.74) is -6.34. The maximum atomic E-state index is 13.0. The number of halogens is 9. The smallest absolute Gasteiger partial charge is 0.243 e. The van der Waals surface area contributed by atoms with Gasteiger partial charge in [0.15, 0.2) is 0 Å². The van der Waals surface area contributed by atoms with Crippen molar-refractivity contribution in [1.29, 1.82) is 0 Å². The summed E-state index contributed by atoms with van der Waals surface area (Å²) >= 11 is 0. The number of pyridine rings is 1. The maximum absolute atomic E-state index is 13.0. The molecule has 0 aliphatic rings. The predicted octanol–water partition coefficient (Wildman–Crippen LogP) is 5.81. The highest BCUT2D eigenvalue weighted by Crippen LogP contribution is 2.41. The molecule has 0 saturated heterocycles. The first-order valence-electron chi connectivity index (χ1n) is 6.13. The quantitative estimate of drug-likeness (QED) is 0.586. The summed E-state index contributed by atoms with van der Waals surface area (Å²) in [6.07, 6.45) is -15.1. The van der Waals surface area contributed by atoms with Gasteiger partial charge in [0.05, 0.1) is 16.8 Å². The normalized spacial score (nSPS) is 13.2. The van der Waals surface area contributed by atoms with Crippen LogP contribution in [0.2, 0.25) is 0 Å². The van der Waals surface area contributed by atoms with Gasteiger partial charge in [0.25, 0.3) is 0 Å². The van der Waals surface area contributed by atoms with Crippen molar-refractivity contribution in [2.75, 3.05) is 0 Å². The third kappa shape index (κ3) is 3.80. The van der Waals surface area contributed by atoms with Crippen LogP contribution in [0.25, 0.3) is 11.3 Å².